The van der Waals surface area contributed by atoms with E-state index in [9.17, 15) is 4.79 Å². The van der Waals surface area contributed by atoms with Crippen molar-refractivity contribution in [3.63, 3.8) is 0 Å². The first-order valence-electron chi connectivity index (χ1n) is 7.78. The number of carbonyl (C=O) groups is 1. The minimum Gasteiger partial charge on any atom is -0.299 e. The van der Waals surface area contributed by atoms with E-state index in [-0.39, 0.29) is 0 Å². The van der Waals surface area contributed by atoms with E-state index >= 15 is 0 Å². The van der Waals surface area contributed by atoms with Crippen LogP contribution in [0, 0.1) is 17.8 Å². The topological polar surface area (TPSA) is 17.1 Å². The van der Waals surface area contributed by atoms with E-state index in [1.807, 2.05) is 0 Å². The van der Waals surface area contributed by atoms with Gasteiger partial charge in [-0.05, 0) is 24.7 Å². The van der Waals surface area contributed by atoms with Crippen LogP contribution in [-0.4, -0.2) is 5.78 Å². The summed E-state index contributed by atoms with van der Waals surface area (Å²) in [4.78, 5) is 12.3. The molecule has 0 radical (unpaired) electrons. The zero-order valence-electron chi connectivity index (χ0n) is 11.4. The fourth-order valence-corrected chi connectivity index (χ4v) is 3.75. The quantitative estimate of drug-likeness (QED) is 0.647. The molecule has 0 N–H and O–H groups in total. The summed E-state index contributed by atoms with van der Waals surface area (Å²) in [6.07, 6.45) is 14.0. The van der Waals surface area contributed by atoms with Gasteiger partial charge >= 0.3 is 0 Å². The molecule has 0 aliphatic heterocycles. The van der Waals surface area contributed by atoms with Crippen molar-refractivity contribution in [2.75, 3.05) is 0 Å². The number of carbonyl (C=O) groups excluding carboxylic acids is 1. The molecule has 98 valence electrons. The Morgan fingerprint density at radius 2 is 1.65 bits per heavy atom. The van der Waals surface area contributed by atoms with Crippen LogP contribution in [0.5, 0.6) is 0 Å². The smallest absolute Gasteiger partial charge is 0.136 e. The molecule has 2 saturated carbocycles. The van der Waals surface area contributed by atoms with Crippen molar-refractivity contribution in [3.8, 4) is 0 Å². The van der Waals surface area contributed by atoms with Gasteiger partial charge < -0.3 is 0 Å². The van der Waals surface area contributed by atoms with Crippen LogP contribution in [0.25, 0.3) is 0 Å². The molecule has 2 unspecified atom stereocenters. The maximum atomic E-state index is 12.3. The lowest BCUT2D eigenvalue weighted by atomic mass is 9.78. The highest BCUT2D eigenvalue weighted by molar-refractivity contribution is 5.81. The minimum atomic E-state index is 0.419. The number of hydrogen-bond donors (Lipinski definition) is 0. The van der Waals surface area contributed by atoms with Crippen LogP contribution in [0.15, 0.2) is 0 Å². The molecule has 2 aliphatic rings. The molecule has 17 heavy (non-hydrogen) atoms. The van der Waals surface area contributed by atoms with E-state index in [4.69, 9.17) is 0 Å². The van der Waals surface area contributed by atoms with Crippen molar-refractivity contribution < 1.29 is 4.79 Å². The summed E-state index contributed by atoms with van der Waals surface area (Å²) in [5.41, 5.74) is 0. The molecule has 1 nitrogen and oxygen atoms in total. The summed E-state index contributed by atoms with van der Waals surface area (Å²) in [6, 6.07) is 0. The Morgan fingerprint density at radius 3 is 2.29 bits per heavy atom. The van der Waals surface area contributed by atoms with Crippen LogP contribution in [0.4, 0.5) is 0 Å². The first kappa shape index (κ1) is 13.1. The van der Waals surface area contributed by atoms with Gasteiger partial charge in [0.15, 0.2) is 0 Å². The standard InChI is InChI=1S/C16H28O/c1-13-7-6-10-15(11-13)16(17)12-14-8-4-2-3-5-9-14/h13-15H,2-12H2,1H3. The van der Waals surface area contributed by atoms with Crippen molar-refractivity contribution in [1.29, 1.82) is 0 Å². The Kier molecular flexibility index (Phi) is 5.06. The van der Waals surface area contributed by atoms with Crippen molar-refractivity contribution in [1.82, 2.24) is 0 Å². The third kappa shape index (κ3) is 4.12. The lowest BCUT2D eigenvalue weighted by Gasteiger charge is -2.26. The van der Waals surface area contributed by atoms with Gasteiger partial charge in [0.1, 0.15) is 5.78 Å². The Balaban J connectivity index is 1.78. The average molecular weight is 236 g/mol. The van der Waals surface area contributed by atoms with Crippen LogP contribution in [0.3, 0.4) is 0 Å². The van der Waals surface area contributed by atoms with E-state index in [1.165, 1.54) is 64.2 Å². The minimum absolute atomic E-state index is 0.419. The molecular weight excluding hydrogens is 208 g/mol. The van der Waals surface area contributed by atoms with Crippen molar-refractivity contribution in [3.05, 3.63) is 0 Å². The van der Waals surface area contributed by atoms with Crippen LogP contribution < -0.4 is 0 Å². The molecule has 1 heteroatoms. The van der Waals surface area contributed by atoms with Crippen LogP contribution in [0.2, 0.25) is 0 Å². The third-order valence-electron chi connectivity index (χ3n) is 4.86. The second-order valence-electron chi connectivity index (χ2n) is 6.50. The molecule has 2 rings (SSSR count). The molecule has 2 aliphatic carbocycles. The first-order valence-corrected chi connectivity index (χ1v) is 7.78. The van der Waals surface area contributed by atoms with E-state index in [2.05, 4.69) is 6.92 Å². The summed E-state index contributed by atoms with van der Waals surface area (Å²) >= 11 is 0. The van der Waals surface area contributed by atoms with Gasteiger partial charge in [0.2, 0.25) is 0 Å². The van der Waals surface area contributed by atoms with Gasteiger partial charge in [0.05, 0.1) is 0 Å². The molecule has 2 atom stereocenters. The van der Waals surface area contributed by atoms with Crippen LogP contribution >= 0.6 is 0 Å². The lowest BCUT2D eigenvalue weighted by Crippen LogP contribution is -2.23. The average Bonchev–Trinajstić information content (AvgIpc) is 2.57. The van der Waals surface area contributed by atoms with E-state index < -0.39 is 0 Å². The Morgan fingerprint density at radius 1 is 0.941 bits per heavy atom. The number of hydrogen-bond acceptors (Lipinski definition) is 1. The van der Waals surface area contributed by atoms with E-state index in [1.54, 1.807) is 0 Å². The molecule has 2 fully saturated rings. The normalized spacial score (nSPS) is 32.1. The summed E-state index contributed by atoms with van der Waals surface area (Å²) in [6.45, 7) is 2.31. The summed E-state index contributed by atoms with van der Waals surface area (Å²) in [5, 5.41) is 0. The summed E-state index contributed by atoms with van der Waals surface area (Å²) < 4.78 is 0. The second kappa shape index (κ2) is 6.56. The van der Waals surface area contributed by atoms with Gasteiger partial charge in [-0.1, -0.05) is 58.3 Å². The SMILES string of the molecule is CC1CCCC(C(=O)CC2CCCCCC2)C1. The van der Waals surface area contributed by atoms with Gasteiger partial charge in [0, 0.05) is 12.3 Å². The van der Waals surface area contributed by atoms with Gasteiger partial charge in [-0.2, -0.15) is 0 Å². The second-order valence-corrected chi connectivity index (χ2v) is 6.50. The molecule has 0 amide bonds. The zero-order valence-corrected chi connectivity index (χ0v) is 11.4. The largest absolute Gasteiger partial charge is 0.299 e. The van der Waals surface area contributed by atoms with Gasteiger partial charge in [-0.25, -0.2) is 0 Å². The maximum Gasteiger partial charge on any atom is 0.136 e. The highest BCUT2D eigenvalue weighted by Gasteiger charge is 2.26. The number of rotatable bonds is 3. The Bertz CT molecular complexity index is 238. The van der Waals surface area contributed by atoms with E-state index in [0.717, 1.165) is 18.3 Å². The molecule has 0 aromatic rings. The van der Waals surface area contributed by atoms with Crippen molar-refractivity contribution in [2.45, 2.75) is 77.6 Å². The van der Waals surface area contributed by atoms with Gasteiger partial charge in [-0.3, -0.25) is 4.79 Å². The Labute approximate surface area is 106 Å². The van der Waals surface area contributed by atoms with Crippen molar-refractivity contribution in [2.24, 2.45) is 17.8 Å². The molecule has 0 aromatic heterocycles. The van der Waals surface area contributed by atoms with Crippen LogP contribution in [0.1, 0.15) is 77.6 Å². The Hall–Kier alpha value is -0.330. The first-order chi connectivity index (χ1) is 8.25. The lowest BCUT2D eigenvalue weighted by molar-refractivity contribution is -0.125. The predicted octanol–water partition coefficient (Wildman–Crippen LogP) is 4.74. The fourth-order valence-electron chi connectivity index (χ4n) is 3.75. The molecule has 0 saturated heterocycles. The van der Waals surface area contributed by atoms with Gasteiger partial charge in [-0.15, -0.1) is 0 Å². The molecule has 0 bridgehead atoms. The summed E-state index contributed by atoms with van der Waals surface area (Å²) in [5.74, 6) is 2.53. The number of Topliss-reactive ketones (excluding diaryl/α,β-unsaturated/α-hetero) is 1. The molecular formula is C16H28O. The fraction of sp³-hybridized carbons (Fsp3) is 0.938. The highest BCUT2D eigenvalue weighted by Crippen LogP contribution is 2.33. The highest BCUT2D eigenvalue weighted by atomic mass is 16.1. The molecule has 0 heterocycles. The van der Waals surface area contributed by atoms with E-state index in [0.29, 0.717) is 11.7 Å². The summed E-state index contributed by atoms with van der Waals surface area (Å²) in [7, 11) is 0. The molecule has 0 spiro atoms. The zero-order chi connectivity index (χ0) is 12.1. The third-order valence-corrected chi connectivity index (χ3v) is 4.86. The van der Waals surface area contributed by atoms with Gasteiger partial charge in [0.25, 0.3) is 0 Å². The maximum absolute atomic E-state index is 12.3. The van der Waals surface area contributed by atoms with Crippen LogP contribution in [-0.2, 0) is 4.79 Å². The molecule has 0 aromatic carbocycles. The predicted molar refractivity (Wildman–Crippen MR) is 71.9 cm³/mol. The monoisotopic (exact) mass is 236 g/mol. The van der Waals surface area contributed by atoms with Crippen molar-refractivity contribution >= 4 is 5.78 Å². The number of ketones is 1.